The molecule has 8 nitrogen and oxygen atoms in total. The molecule has 1 aliphatic heterocycles. The summed E-state index contributed by atoms with van der Waals surface area (Å²) in [5.41, 5.74) is 0. The minimum atomic E-state index is -3.66. The fraction of sp³-hybridized carbons (Fsp3) is 1.00. The van der Waals surface area contributed by atoms with E-state index in [2.05, 4.69) is 18.6 Å². The van der Waals surface area contributed by atoms with Gasteiger partial charge in [-0.2, -0.15) is 17.0 Å². The number of rotatable bonds is 8. The molecule has 0 aromatic carbocycles. The molecule has 0 unspecified atom stereocenters. The normalized spacial score (nSPS) is 30.8. The molecule has 2 atom stereocenters. The van der Waals surface area contributed by atoms with Gasteiger partial charge in [-0.1, -0.05) is 13.8 Å². The van der Waals surface area contributed by atoms with Gasteiger partial charge >= 0.3 is 0 Å². The van der Waals surface area contributed by atoms with Crippen molar-refractivity contribution in [1.82, 2.24) is 13.3 Å². The first-order valence-corrected chi connectivity index (χ1v) is 13.5. The molecule has 10 heteroatoms. The Morgan fingerprint density at radius 1 is 1.07 bits per heavy atom. The number of piperidine rings is 1. The average Bonchev–Trinajstić information content (AvgIpc) is 2.59. The van der Waals surface area contributed by atoms with Gasteiger partial charge in [0.1, 0.15) is 0 Å². The molecular formula is C18H37N3O5S2. The zero-order chi connectivity index (χ0) is 21.1. The molecule has 28 heavy (non-hydrogen) atoms. The van der Waals surface area contributed by atoms with Gasteiger partial charge in [-0.25, -0.2) is 13.1 Å². The lowest BCUT2D eigenvalue weighted by atomic mass is 9.80. The zero-order valence-corrected chi connectivity index (χ0v) is 19.4. The summed E-state index contributed by atoms with van der Waals surface area (Å²) >= 11 is 0. The Bertz CT molecular complexity index is 701. The van der Waals surface area contributed by atoms with E-state index in [1.54, 1.807) is 0 Å². The van der Waals surface area contributed by atoms with E-state index in [-0.39, 0.29) is 12.7 Å². The Kier molecular flexibility index (Phi) is 8.32. The van der Waals surface area contributed by atoms with E-state index < -0.39 is 32.3 Å². The number of nitrogens with one attached hydrogen (secondary N) is 1. The Hall–Kier alpha value is -0.260. The van der Waals surface area contributed by atoms with Crippen LogP contribution >= 0.6 is 0 Å². The second-order valence-corrected chi connectivity index (χ2v) is 12.6. The summed E-state index contributed by atoms with van der Waals surface area (Å²) in [5.74, 6) is 1.39. The third-order valence-corrected chi connectivity index (χ3v) is 8.72. The predicted molar refractivity (Wildman–Crippen MR) is 111 cm³/mol. The van der Waals surface area contributed by atoms with Crippen LogP contribution in [0.3, 0.4) is 0 Å². The first-order chi connectivity index (χ1) is 12.9. The Morgan fingerprint density at radius 2 is 1.68 bits per heavy atom. The molecule has 2 rings (SSSR count). The van der Waals surface area contributed by atoms with Gasteiger partial charge in [0.15, 0.2) is 0 Å². The second kappa shape index (κ2) is 9.70. The van der Waals surface area contributed by atoms with E-state index in [4.69, 9.17) is 4.74 Å². The summed E-state index contributed by atoms with van der Waals surface area (Å²) in [4.78, 5) is 0. The molecule has 1 saturated carbocycles. The molecule has 1 saturated heterocycles. The maximum atomic E-state index is 12.8. The Labute approximate surface area is 171 Å². The van der Waals surface area contributed by atoms with Gasteiger partial charge in [0.05, 0.1) is 25.0 Å². The highest BCUT2D eigenvalue weighted by Crippen LogP contribution is 2.32. The van der Waals surface area contributed by atoms with Crippen LogP contribution in [0.4, 0.5) is 0 Å². The quantitative estimate of drug-likeness (QED) is 0.617. The summed E-state index contributed by atoms with van der Waals surface area (Å²) in [7, 11) is -4.12. The zero-order valence-electron chi connectivity index (χ0n) is 17.8. The van der Waals surface area contributed by atoms with Crippen LogP contribution in [0.25, 0.3) is 0 Å². The molecule has 2 aliphatic rings. The summed E-state index contributed by atoms with van der Waals surface area (Å²) in [6, 6.07) is -1.02. The molecule has 0 aromatic heterocycles. The Balaban J connectivity index is 2.10. The number of nitrogens with zero attached hydrogens (tertiary/aromatic N) is 2. The topological polar surface area (TPSA) is 96.0 Å². The van der Waals surface area contributed by atoms with E-state index in [0.29, 0.717) is 25.3 Å². The van der Waals surface area contributed by atoms with Crippen LogP contribution < -0.4 is 4.72 Å². The largest absolute Gasteiger partial charge is 0.376 e. The van der Waals surface area contributed by atoms with Crippen molar-refractivity contribution in [3.63, 3.8) is 0 Å². The van der Waals surface area contributed by atoms with Crippen LogP contribution in [-0.4, -0.2) is 77.1 Å². The monoisotopic (exact) mass is 439 g/mol. The first-order valence-electron chi connectivity index (χ1n) is 10.2. The first kappa shape index (κ1) is 24.0. The van der Waals surface area contributed by atoms with Crippen molar-refractivity contribution < 1.29 is 21.6 Å². The molecule has 2 fully saturated rings. The van der Waals surface area contributed by atoms with Crippen LogP contribution in [0.1, 0.15) is 52.4 Å². The van der Waals surface area contributed by atoms with E-state index in [1.807, 2.05) is 0 Å². The predicted octanol–water partition coefficient (Wildman–Crippen LogP) is 1.41. The van der Waals surface area contributed by atoms with Gasteiger partial charge in [-0.15, -0.1) is 0 Å². The number of hydrogen-bond acceptors (Lipinski definition) is 5. The highest BCUT2D eigenvalue weighted by Gasteiger charge is 2.41. The van der Waals surface area contributed by atoms with E-state index >= 15 is 0 Å². The maximum Gasteiger partial charge on any atom is 0.281 e. The molecule has 1 N–H and O–H groups in total. The van der Waals surface area contributed by atoms with Gasteiger partial charge in [-0.3, -0.25) is 0 Å². The highest BCUT2D eigenvalue weighted by molar-refractivity contribution is 7.88. The fourth-order valence-corrected chi connectivity index (χ4v) is 6.44. The van der Waals surface area contributed by atoms with E-state index in [9.17, 15) is 16.8 Å². The molecule has 0 bridgehead atoms. The Morgan fingerprint density at radius 3 is 2.18 bits per heavy atom. The molecule has 1 aliphatic carbocycles. The van der Waals surface area contributed by atoms with Crippen LogP contribution in [0.5, 0.6) is 0 Å². The number of sulfonamides is 1. The molecular weight excluding hydrogens is 402 g/mol. The molecule has 0 aromatic rings. The molecule has 166 valence electrons. The third-order valence-electron chi connectivity index (χ3n) is 6.02. The molecule has 0 radical (unpaired) electrons. The minimum absolute atomic E-state index is 0.111. The summed E-state index contributed by atoms with van der Waals surface area (Å²) in [5, 5.41) is 0. The molecule has 0 spiro atoms. The van der Waals surface area contributed by atoms with Crippen LogP contribution in [0.15, 0.2) is 0 Å². The summed E-state index contributed by atoms with van der Waals surface area (Å²) in [6.07, 6.45) is 6.62. The fourth-order valence-electron chi connectivity index (χ4n) is 4.29. The van der Waals surface area contributed by atoms with Gasteiger partial charge in [0, 0.05) is 26.7 Å². The average molecular weight is 440 g/mol. The van der Waals surface area contributed by atoms with Gasteiger partial charge in [-0.05, 0) is 50.4 Å². The summed E-state index contributed by atoms with van der Waals surface area (Å²) < 4.78 is 60.6. The lowest BCUT2D eigenvalue weighted by Gasteiger charge is -2.42. The summed E-state index contributed by atoms with van der Waals surface area (Å²) in [6.45, 7) is 5.08. The van der Waals surface area contributed by atoms with Crippen molar-refractivity contribution >= 4 is 20.2 Å². The van der Waals surface area contributed by atoms with E-state index in [0.717, 1.165) is 37.9 Å². The van der Waals surface area contributed by atoms with Crippen molar-refractivity contribution in [2.24, 2.45) is 11.8 Å². The van der Waals surface area contributed by atoms with Crippen LogP contribution in [-0.2, 0) is 25.0 Å². The van der Waals surface area contributed by atoms with Crippen molar-refractivity contribution in [2.75, 3.05) is 33.5 Å². The number of hydrogen-bond donors (Lipinski definition) is 1. The lowest BCUT2D eigenvalue weighted by molar-refractivity contribution is -0.0179. The standard InChI is InChI=1S/C18H37N3O5S2/c1-14(2)15-8-10-16(11-9-15)26-13-18-17(19-27(5,22)23)7-6-12-21(18)28(24,25)20(3)4/h14-19H,6-13H2,1-5H3/t15-,16+,17-,18-/m0/s1. The van der Waals surface area contributed by atoms with Crippen molar-refractivity contribution in [1.29, 1.82) is 0 Å². The minimum Gasteiger partial charge on any atom is -0.376 e. The van der Waals surface area contributed by atoms with E-state index in [1.165, 1.54) is 22.7 Å². The van der Waals surface area contributed by atoms with Crippen molar-refractivity contribution in [3.05, 3.63) is 0 Å². The second-order valence-electron chi connectivity index (χ2n) is 8.72. The lowest BCUT2D eigenvalue weighted by Crippen LogP contribution is -2.60. The molecule has 0 amide bonds. The van der Waals surface area contributed by atoms with Crippen LogP contribution in [0, 0.1) is 11.8 Å². The number of ether oxygens (including phenoxy) is 1. The molecule has 1 heterocycles. The maximum absolute atomic E-state index is 12.8. The van der Waals surface area contributed by atoms with Gasteiger partial charge < -0.3 is 4.74 Å². The smallest absolute Gasteiger partial charge is 0.281 e. The van der Waals surface area contributed by atoms with Crippen LogP contribution in [0.2, 0.25) is 0 Å². The van der Waals surface area contributed by atoms with Crippen molar-refractivity contribution in [3.8, 4) is 0 Å². The van der Waals surface area contributed by atoms with Crippen molar-refractivity contribution in [2.45, 2.75) is 70.6 Å². The third kappa shape index (κ3) is 6.37. The van der Waals surface area contributed by atoms with Gasteiger partial charge in [0.25, 0.3) is 10.2 Å². The highest BCUT2D eigenvalue weighted by atomic mass is 32.2. The SMILES string of the molecule is CC(C)[C@H]1CC[C@@H](OC[C@H]2[C@@H](NS(C)(=O)=O)CCCN2S(=O)(=O)N(C)C)CC1. The van der Waals surface area contributed by atoms with Gasteiger partial charge in [0.2, 0.25) is 10.0 Å².